The minimum atomic E-state index is 0.677. The van der Waals surface area contributed by atoms with E-state index >= 15 is 0 Å². The van der Waals surface area contributed by atoms with Crippen molar-refractivity contribution in [2.45, 2.75) is 31.8 Å². The predicted molar refractivity (Wildman–Crippen MR) is 76.2 cm³/mol. The molecule has 0 saturated heterocycles. The lowest BCUT2D eigenvalue weighted by Crippen LogP contribution is -2.15. The summed E-state index contributed by atoms with van der Waals surface area (Å²) < 4.78 is 0. The molecule has 0 spiro atoms. The molecule has 1 N–H and O–H groups in total. The van der Waals surface area contributed by atoms with E-state index in [1.807, 2.05) is 36.7 Å². The second kappa shape index (κ2) is 5.68. The maximum Gasteiger partial charge on any atom is 0.132 e. The van der Waals surface area contributed by atoms with E-state index in [1.54, 1.807) is 0 Å². The van der Waals surface area contributed by atoms with Crippen molar-refractivity contribution in [2.24, 2.45) is 0 Å². The molecule has 3 rings (SSSR count). The highest BCUT2D eigenvalue weighted by molar-refractivity contribution is 6.31. The van der Waals surface area contributed by atoms with Gasteiger partial charge in [-0.3, -0.25) is 0 Å². The van der Waals surface area contributed by atoms with E-state index in [1.165, 1.54) is 12.8 Å². The van der Waals surface area contributed by atoms with Gasteiger partial charge in [-0.05, 0) is 24.5 Å². The fourth-order valence-corrected chi connectivity index (χ4v) is 2.13. The number of hydrogen-bond donors (Lipinski definition) is 1. The van der Waals surface area contributed by atoms with Gasteiger partial charge in [0.2, 0.25) is 0 Å². The van der Waals surface area contributed by atoms with Gasteiger partial charge in [-0.1, -0.05) is 29.8 Å². The fraction of sp³-hybridized carbons (Fsp3) is 0.333. The monoisotopic (exact) mass is 273 g/mol. The van der Waals surface area contributed by atoms with Gasteiger partial charge in [-0.2, -0.15) is 0 Å². The molecule has 0 bridgehead atoms. The summed E-state index contributed by atoms with van der Waals surface area (Å²) in [6, 6.07) is 8.52. The van der Waals surface area contributed by atoms with Crippen LogP contribution in [0.3, 0.4) is 0 Å². The number of nitrogens with zero attached hydrogens (tertiary/aromatic N) is 2. The van der Waals surface area contributed by atoms with Crippen molar-refractivity contribution in [3.63, 3.8) is 0 Å². The standard InChI is InChI=1S/C15H16ClN3/c16-14-4-2-1-3-12(14)7-15-18-9-11(10-19-15)8-17-13-5-6-13/h1-4,9-10,13,17H,5-8H2. The zero-order valence-electron chi connectivity index (χ0n) is 10.6. The summed E-state index contributed by atoms with van der Waals surface area (Å²) in [5.41, 5.74) is 2.20. The van der Waals surface area contributed by atoms with Gasteiger partial charge in [0.05, 0.1) is 0 Å². The summed E-state index contributed by atoms with van der Waals surface area (Å²) in [7, 11) is 0. The molecule has 4 heteroatoms. The molecule has 98 valence electrons. The van der Waals surface area contributed by atoms with Gasteiger partial charge in [-0.15, -0.1) is 0 Å². The Labute approximate surface area is 118 Å². The van der Waals surface area contributed by atoms with Crippen LogP contribution in [-0.4, -0.2) is 16.0 Å². The van der Waals surface area contributed by atoms with Gasteiger partial charge in [0, 0.05) is 42.0 Å². The number of benzene rings is 1. The molecule has 1 aromatic heterocycles. The van der Waals surface area contributed by atoms with Crippen LogP contribution >= 0.6 is 11.6 Å². The molecular formula is C15H16ClN3. The summed E-state index contributed by atoms with van der Waals surface area (Å²) in [4.78, 5) is 8.81. The molecule has 2 aromatic rings. The Hall–Kier alpha value is -1.45. The van der Waals surface area contributed by atoms with Gasteiger partial charge < -0.3 is 5.32 Å². The molecule has 1 heterocycles. The fourth-order valence-electron chi connectivity index (χ4n) is 1.93. The predicted octanol–water partition coefficient (Wildman–Crippen LogP) is 2.97. The smallest absolute Gasteiger partial charge is 0.132 e. The summed E-state index contributed by atoms with van der Waals surface area (Å²) in [5.74, 6) is 0.809. The van der Waals surface area contributed by atoms with E-state index in [9.17, 15) is 0 Å². The molecule has 0 unspecified atom stereocenters. The van der Waals surface area contributed by atoms with Gasteiger partial charge in [0.15, 0.2) is 0 Å². The molecule has 1 aromatic carbocycles. The van der Waals surface area contributed by atoms with E-state index in [-0.39, 0.29) is 0 Å². The Kier molecular flexibility index (Phi) is 3.76. The van der Waals surface area contributed by atoms with Crippen LogP contribution in [-0.2, 0) is 13.0 Å². The third-order valence-electron chi connectivity index (χ3n) is 3.24. The Balaban J connectivity index is 1.63. The molecule has 0 radical (unpaired) electrons. The van der Waals surface area contributed by atoms with Crippen molar-refractivity contribution in [2.75, 3.05) is 0 Å². The topological polar surface area (TPSA) is 37.8 Å². The van der Waals surface area contributed by atoms with Crippen LogP contribution in [0.4, 0.5) is 0 Å². The van der Waals surface area contributed by atoms with E-state index in [0.717, 1.165) is 28.5 Å². The SMILES string of the molecule is Clc1ccccc1Cc1ncc(CNC2CC2)cn1. The molecule has 1 saturated carbocycles. The summed E-state index contributed by atoms with van der Waals surface area (Å²) in [6.45, 7) is 0.858. The van der Waals surface area contributed by atoms with Crippen LogP contribution in [0.1, 0.15) is 29.8 Å². The third kappa shape index (κ3) is 3.52. The van der Waals surface area contributed by atoms with E-state index < -0.39 is 0 Å². The molecule has 19 heavy (non-hydrogen) atoms. The number of aromatic nitrogens is 2. The third-order valence-corrected chi connectivity index (χ3v) is 3.61. The summed E-state index contributed by atoms with van der Waals surface area (Å²) in [6.07, 6.45) is 7.07. The van der Waals surface area contributed by atoms with Crippen molar-refractivity contribution in [1.82, 2.24) is 15.3 Å². The Morgan fingerprint density at radius 2 is 1.89 bits per heavy atom. The number of rotatable bonds is 5. The number of halogens is 1. The van der Waals surface area contributed by atoms with Crippen LogP contribution in [0.2, 0.25) is 5.02 Å². The average molecular weight is 274 g/mol. The quantitative estimate of drug-likeness (QED) is 0.910. The van der Waals surface area contributed by atoms with Gasteiger partial charge in [-0.25, -0.2) is 9.97 Å². The highest BCUT2D eigenvalue weighted by atomic mass is 35.5. The second-order valence-electron chi connectivity index (χ2n) is 4.93. The van der Waals surface area contributed by atoms with E-state index in [2.05, 4.69) is 15.3 Å². The first-order valence-electron chi connectivity index (χ1n) is 6.58. The van der Waals surface area contributed by atoms with Crippen LogP contribution in [0.5, 0.6) is 0 Å². The molecule has 0 amide bonds. The Bertz CT molecular complexity index is 550. The normalized spacial score (nSPS) is 14.6. The van der Waals surface area contributed by atoms with Crippen LogP contribution in [0, 0.1) is 0 Å². The molecule has 1 aliphatic carbocycles. The maximum atomic E-state index is 6.13. The molecule has 0 atom stereocenters. The van der Waals surface area contributed by atoms with Crippen molar-refractivity contribution in [1.29, 1.82) is 0 Å². The van der Waals surface area contributed by atoms with Crippen molar-refractivity contribution in [3.8, 4) is 0 Å². The molecule has 0 aliphatic heterocycles. The zero-order chi connectivity index (χ0) is 13.1. The first-order chi connectivity index (χ1) is 9.31. The van der Waals surface area contributed by atoms with Crippen molar-refractivity contribution < 1.29 is 0 Å². The highest BCUT2D eigenvalue weighted by Gasteiger charge is 2.19. The first kappa shape index (κ1) is 12.6. The second-order valence-corrected chi connectivity index (χ2v) is 5.34. The van der Waals surface area contributed by atoms with Gasteiger partial charge >= 0.3 is 0 Å². The average Bonchev–Trinajstić information content (AvgIpc) is 3.25. The lowest BCUT2D eigenvalue weighted by atomic mass is 10.1. The van der Waals surface area contributed by atoms with E-state index in [0.29, 0.717) is 12.5 Å². The minimum Gasteiger partial charge on any atom is -0.310 e. The lowest BCUT2D eigenvalue weighted by molar-refractivity contribution is 0.681. The first-order valence-corrected chi connectivity index (χ1v) is 6.95. The molecular weight excluding hydrogens is 258 g/mol. The van der Waals surface area contributed by atoms with Gasteiger partial charge in [0.1, 0.15) is 5.82 Å². The zero-order valence-corrected chi connectivity index (χ0v) is 11.4. The minimum absolute atomic E-state index is 0.677. The largest absolute Gasteiger partial charge is 0.310 e. The van der Waals surface area contributed by atoms with Crippen LogP contribution in [0.15, 0.2) is 36.7 Å². The highest BCUT2D eigenvalue weighted by Crippen LogP contribution is 2.19. The molecule has 1 aliphatic rings. The van der Waals surface area contributed by atoms with Crippen molar-refractivity contribution >= 4 is 11.6 Å². The number of nitrogens with one attached hydrogen (secondary N) is 1. The van der Waals surface area contributed by atoms with E-state index in [4.69, 9.17) is 11.6 Å². The van der Waals surface area contributed by atoms with Crippen LogP contribution in [0.25, 0.3) is 0 Å². The Morgan fingerprint density at radius 3 is 2.58 bits per heavy atom. The summed E-state index contributed by atoms with van der Waals surface area (Å²) >= 11 is 6.13. The van der Waals surface area contributed by atoms with Crippen LogP contribution < -0.4 is 5.32 Å². The lowest BCUT2D eigenvalue weighted by Gasteiger charge is -2.05. The molecule has 3 nitrogen and oxygen atoms in total. The molecule has 1 fully saturated rings. The van der Waals surface area contributed by atoms with Gasteiger partial charge in [0.25, 0.3) is 0 Å². The Morgan fingerprint density at radius 1 is 1.16 bits per heavy atom. The maximum absolute atomic E-state index is 6.13. The van der Waals surface area contributed by atoms with Crippen molar-refractivity contribution in [3.05, 3.63) is 58.6 Å². The number of hydrogen-bond acceptors (Lipinski definition) is 3. The summed E-state index contributed by atoms with van der Waals surface area (Å²) in [5, 5.41) is 4.22.